The molecule has 4 nitrogen and oxygen atoms in total. The molecule has 3 rings (SSSR count). The summed E-state index contributed by atoms with van der Waals surface area (Å²) < 4.78 is 5.65. The number of hydrogen-bond donors (Lipinski definition) is 1. The Labute approximate surface area is 115 Å². The molecule has 1 aromatic heterocycles. The average molecular weight is 263 g/mol. The molecular weight excluding hydrogens is 238 g/mol. The van der Waals surface area contributed by atoms with Crippen molar-refractivity contribution < 1.29 is 4.42 Å². The predicted molar refractivity (Wildman–Crippen MR) is 75.8 cm³/mol. The van der Waals surface area contributed by atoms with Crippen molar-refractivity contribution in [1.29, 1.82) is 0 Å². The molecule has 0 aliphatic carbocycles. The summed E-state index contributed by atoms with van der Waals surface area (Å²) >= 11 is 0. The van der Waals surface area contributed by atoms with E-state index in [0.29, 0.717) is 6.54 Å². The van der Waals surface area contributed by atoms with Crippen LogP contribution < -0.4 is 5.73 Å². The molecule has 1 unspecified atom stereocenters. The van der Waals surface area contributed by atoms with Crippen molar-refractivity contribution in [3.05, 3.63) is 23.2 Å². The van der Waals surface area contributed by atoms with Gasteiger partial charge >= 0.3 is 0 Å². The van der Waals surface area contributed by atoms with Crippen LogP contribution in [0.1, 0.15) is 36.3 Å². The molecule has 19 heavy (non-hydrogen) atoms. The molecular formula is C15H25N3O. The van der Waals surface area contributed by atoms with Crippen LogP contribution >= 0.6 is 0 Å². The molecule has 0 spiro atoms. The molecule has 0 amide bonds. The number of furan rings is 1. The van der Waals surface area contributed by atoms with Gasteiger partial charge in [0.05, 0.1) is 6.54 Å². The molecule has 0 radical (unpaired) electrons. The SMILES string of the molecule is Cc1oc(CN)cc1CN1CCN2CCCCC2C1. The number of aryl methyl sites for hydroxylation is 1. The van der Waals surface area contributed by atoms with Crippen molar-refractivity contribution in [2.24, 2.45) is 5.73 Å². The van der Waals surface area contributed by atoms with Crippen molar-refractivity contribution in [1.82, 2.24) is 9.80 Å². The highest BCUT2D eigenvalue weighted by Gasteiger charge is 2.29. The maximum absolute atomic E-state index is 5.65. The molecule has 2 N–H and O–H groups in total. The van der Waals surface area contributed by atoms with Crippen LogP contribution in [-0.2, 0) is 13.1 Å². The van der Waals surface area contributed by atoms with E-state index in [4.69, 9.17) is 10.2 Å². The Balaban J connectivity index is 1.62. The van der Waals surface area contributed by atoms with Gasteiger partial charge in [-0.25, -0.2) is 0 Å². The topological polar surface area (TPSA) is 45.6 Å². The molecule has 2 aliphatic heterocycles. The molecule has 0 bridgehead atoms. The Morgan fingerprint density at radius 1 is 1.32 bits per heavy atom. The Bertz CT molecular complexity index is 429. The van der Waals surface area contributed by atoms with E-state index in [1.54, 1.807) is 0 Å². The number of rotatable bonds is 3. The molecule has 0 aromatic carbocycles. The van der Waals surface area contributed by atoms with Gasteiger partial charge in [0.2, 0.25) is 0 Å². The molecule has 0 saturated carbocycles. The van der Waals surface area contributed by atoms with Crippen molar-refractivity contribution in [3.8, 4) is 0 Å². The zero-order chi connectivity index (χ0) is 13.2. The van der Waals surface area contributed by atoms with Crippen LogP contribution in [0.5, 0.6) is 0 Å². The maximum Gasteiger partial charge on any atom is 0.118 e. The van der Waals surface area contributed by atoms with Crippen LogP contribution in [0.4, 0.5) is 0 Å². The number of hydrogen-bond acceptors (Lipinski definition) is 4. The van der Waals surface area contributed by atoms with Gasteiger partial charge in [0.1, 0.15) is 11.5 Å². The summed E-state index contributed by atoms with van der Waals surface area (Å²) in [5, 5.41) is 0. The highest BCUT2D eigenvalue weighted by atomic mass is 16.3. The quantitative estimate of drug-likeness (QED) is 0.902. The van der Waals surface area contributed by atoms with E-state index in [-0.39, 0.29) is 0 Å². The van der Waals surface area contributed by atoms with Gasteiger partial charge in [-0.3, -0.25) is 9.80 Å². The highest BCUT2D eigenvalue weighted by molar-refractivity contribution is 5.20. The minimum atomic E-state index is 0.497. The minimum absolute atomic E-state index is 0.497. The van der Waals surface area contributed by atoms with Gasteiger partial charge in [-0.05, 0) is 32.4 Å². The molecule has 2 aliphatic rings. The standard InChI is InChI=1S/C15H25N3O/c1-12-13(8-15(9-16)19-12)10-17-6-7-18-5-3-2-4-14(18)11-17/h8,14H,2-7,9-11,16H2,1H3. The number of nitrogens with two attached hydrogens (primary N) is 1. The average Bonchev–Trinajstić information content (AvgIpc) is 2.79. The third-order valence-corrected chi connectivity index (χ3v) is 4.59. The summed E-state index contributed by atoms with van der Waals surface area (Å²) in [7, 11) is 0. The van der Waals surface area contributed by atoms with Crippen LogP contribution in [0.2, 0.25) is 0 Å². The van der Waals surface area contributed by atoms with E-state index in [0.717, 1.165) is 24.1 Å². The van der Waals surface area contributed by atoms with E-state index in [9.17, 15) is 0 Å². The van der Waals surface area contributed by atoms with Gasteiger partial charge in [-0.2, -0.15) is 0 Å². The zero-order valence-electron chi connectivity index (χ0n) is 11.9. The molecule has 2 fully saturated rings. The van der Waals surface area contributed by atoms with Crippen LogP contribution in [-0.4, -0.2) is 42.0 Å². The van der Waals surface area contributed by atoms with Crippen molar-refractivity contribution >= 4 is 0 Å². The van der Waals surface area contributed by atoms with Gasteiger partial charge < -0.3 is 10.2 Å². The third kappa shape index (κ3) is 2.86. The Morgan fingerprint density at radius 3 is 3.00 bits per heavy atom. The van der Waals surface area contributed by atoms with Crippen LogP contribution in [0.3, 0.4) is 0 Å². The monoisotopic (exact) mass is 263 g/mol. The predicted octanol–water partition coefficient (Wildman–Crippen LogP) is 1.72. The minimum Gasteiger partial charge on any atom is -0.465 e. The lowest BCUT2D eigenvalue weighted by Gasteiger charge is -2.44. The highest BCUT2D eigenvalue weighted by Crippen LogP contribution is 2.23. The lowest BCUT2D eigenvalue weighted by atomic mass is 9.99. The summed E-state index contributed by atoms with van der Waals surface area (Å²) in [5.74, 6) is 1.94. The number of nitrogens with zero attached hydrogens (tertiary/aromatic N) is 2. The fourth-order valence-electron chi connectivity index (χ4n) is 3.45. The Kier molecular flexibility index (Phi) is 3.91. The molecule has 1 atom stereocenters. The summed E-state index contributed by atoms with van der Waals surface area (Å²) in [6.45, 7) is 8.48. The number of piperazine rings is 1. The first-order valence-electron chi connectivity index (χ1n) is 7.51. The van der Waals surface area contributed by atoms with Crippen molar-refractivity contribution in [2.75, 3.05) is 26.2 Å². The second-order valence-corrected chi connectivity index (χ2v) is 5.92. The fraction of sp³-hybridized carbons (Fsp3) is 0.733. The van der Waals surface area contributed by atoms with Gasteiger partial charge in [0, 0.05) is 37.8 Å². The van der Waals surface area contributed by atoms with Gasteiger partial charge in [-0.1, -0.05) is 6.42 Å². The second kappa shape index (κ2) is 5.65. The van der Waals surface area contributed by atoms with Gasteiger partial charge in [0.15, 0.2) is 0 Å². The second-order valence-electron chi connectivity index (χ2n) is 5.92. The summed E-state index contributed by atoms with van der Waals surface area (Å²) in [5.41, 5.74) is 6.95. The molecule has 1 aromatic rings. The Hall–Kier alpha value is -0.840. The van der Waals surface area contributed by atoms with Crippen LogP contribution in [0.25, 0.3) is 0 Å². The van der Waals surface area contributed by atoms with Crippen molar-refractivity contribution in [2.45, 2.75) is 45.3 Å². The van der Waals surface area contributed by atoms with E-state index >= 15 is 0 Å². The molecule has 3 heterocycles. The first-order chi connectivity index (χ1) is 9.26. The van der Waals surface area contributed by atoms with Gasteiger partial charge in [0.25, 0.3) is 0 Å². The van der Waals surface area contributed by atoms with Crippen molar-refractivity contribution in [3.63, 3.8) is 0 Å². The first kappa shape index (κ1) is 13.2. The summed E-state index contributed by atoms with van der Waals surface area (Å²) in [6.07, 6.45) is 4.16. The van der Waals surface area contributed by atoms with E-state index in [1.165, 1.54) is 51.0 Å². The van der Waals surface area contributed by atoms with Crippen LogP contribution in [0.15, 0.2) is 10.5 Å². The summed E-state index contributed by atoms with van der Waals surface area (Å²) in [4.78, 5) is 5.25. The smallest absolute Gasteiger partial charge is 0.118 e. The number of piperidine rings is 1. The number of fused-ring (bicyclic) bond motifs is 1. The Morgan fingerprint density at radius 2 is 2.21 bits per heavy atom. The van der Waals surface area contributed by atoms with Crippen LogP contribution in [0, 0.1) is 6.92 Å². The third-order valence-electron chi connectivity index (χ3n) is 4.59. The molecule has 4 heteroatoms. The normalized spacial score (nSPS) is 25.5. The zero-order valence-corrected chi connectivity index (χ0v) is 11.9. The molecule has 106 valence electrons. The maximum atomic E-state index is 5.65. The first-order valence-corrected chi connectivity index (χ1v) is 7.51. The lowest BCUT2D eigenvalue weighted by Crippen LogP contribution is -2.54. The lowest BCUT2D eigenvalue weighted by molar-refractivity contribution is 0.0455. The van der Waals surface area contributed by atoms with E-state index in [1.807, 2.05) is 6.92 Å². The van der Waals surface area contributed by atoms with Gasteiger partial charge in [-0.15, -0.1) is 0 Å². The fourth-order valence-corrected chi connectivity index (χ4v) is 3.45. The molecule has 2 saturated heterocycles. The summed E-state index contributed by atoms with van der Waals surface area (Å²) in [6, 6.07) is 2.91. The van der Waals surface area contributed by atoms with E-state index in [2.05, 4.69) is 15.9 Å². The largest absolute Gasteiger partial charge is 0.465 e. The van der Waals surface area contributed by atoms with E-state index < -0.39 is 0 Å².